The van der Waals surface area contributed by atoms with Gasteiger partial charge in [-0.2, -0.15) is 18.9 Å². The summed E-state index contributed by atoms with van der Waals surface area (Å²) >= 11 is 0. The molecule has 5 nitrogen and oxygen atoms in total. The molecule has 9 heterocycles. The smallest absolute Gasteiger partial charge is 0.308 e. The highest BCUT2D eigenvalue weighted by Crippen LogP contribution is 2.71. The number of fused-ring (bicyclic) bond motifs is 10. The van der Waals surface area contributed by atoms with Crippen LogP contribution in [-0.4, -0.2) is 0 Å². The van der Waals surface area contributed by atoms with Gasteiger partial charge in [0, 0.05) is 62.5 Å². The number of anilines is 9. The van der Waals surface area contributed by atoms with Gasteiger partial charge in [-0.15, -0.1) is 0 Å². The Hall–Kier alpha value is -7.76. The first-order valence-electron chi connectivity index (χ1n) is 25.8. The van der Waals surface area contributed by atoms with Crippen molar-refractivity contribution in [2.75, 3.05) is 14.7 Å². The molecule has 3 atom stereocenters. The second-order valence-corrected chi connectivity index (χ2v) is 23.0. The van der Waals surface area contributed by atoms with Crippen LogP contribution in [0.4, 0.5) is 51.4 Å². The van der Waals surface area contributed by atoms with E-state index >= 15 is 0 Å². The first-order chi connectivity index (χ1) is 34.4. The minimum atomic E-state index is -0.801. The van der Waals surface area contributed by atoms with E-state index in [4.69, 9.17) is 0 Å². The lowest BCUT2D eigenvalue weighted by Crippen LogP contribution is -2.77. The van der Waals surface area contributed by atoms with Crippen LogP contribution >= 0.6 is 0 Å². The molecule has 0 fully saturated rings. The second kappa shape index (κ2) is 12.8. The summed E-state index contributed by atoms with van der Waals surface area (Å²) in [7, 11) is 0. The molecule has 0 saturated heterocycles. The Morgan fingerprint density at radius 1 is 0.338 bits per heavy atom. The number of para-hydroxylation sites is 3. The summed E-state index contributed by atoms with van der Waals surface area (Å²) in [5.41, 5.74) is 25.9. The van der Waals surface area contributed by atoms with E-state index in [1.54, 1.807) is 0 Å². The van der Waals surface area contributed by atoms with Gasteiger partial charge in [-0.25, -0.2) is 0 Å². The van der Waals surface area contributed by atoms with Crippen molar-refractivity contribution < 1.29 is 9.13 Å². The number of nitrogens with zero attached hydrogens (tertiary/aromatic N) is 5. The van der Waals surface area contributed by atoms with Crippen LogP contribution in [0.1, 0.15) is 134 Å². The largest absolute Gasteiger partial charge is 0.319 e. The van der Waals surface area contributed by atoms with E-state index < -0.39 is 5.66 Å². The first-order valence-corrected chi connectivity index (χ1v) is 25.8. The quantitative estimate of drug-likeness (QED) is 0.164. The zero-order valence-corrected chi connectivity index (χ0v) is 41.6. The molecule has 7 aromatic carbocycles. The van der Waals surface area contributed by atoms with Gasteiger partial charge in [0.2, 0.25) is 0 Å². The lowest BCUT2D eigenvalue weighted by Gasteiger charge is -2.54. The predicted molar refractivity (Wildman–Crippen MR) is 286 cm³/mol. The average Bonchev–Trinajstić information content (AvgIpc) is 3.71. The van der Waals surface area contributed by atoms with Crippen molar-refractivity contribution in [3.05, 3.63) is 243 Å². The van der Waals surface area contributed by atoms with E-state index in [0.717, 1.165) is 0 Å². The van der Waals surface area contributed by atoms with Crippen molar-refractivity contribution >= 4 is 51.4 Å². The Balaban J connectivity index is 1.17. The molecule has 16 rings (SSSR count). The van der Waals surface area contributed by atoms with Gasteiger partial charge in [0.15, 0.2) is 22.8 Å². The lowest BCUT2D eigenvalue weighted by atomic mass is 9.62. The Bertz CT molecular complexity index is 3820. The van der Waals surface area contributed by atoms with Crippen LogP contribution in [0.2, 0.25) is 0 Å². The van der Waals surface area contributed by atoms with Crippen molar-refractivity contribution in [1.29, 1.82) is 0 Å². The molecule has 0 radical (unpaired) electrons. The summed E-state index contributed by atoms with van der Waals surface area (Å²) in [6, 6.07) is 68.0. The number of hydrogen-bond acceptors (Lipinski definition) is 3. The molecule has 7 aliphatic rings. The number of aromatic nitrogens is 2. The predicted octanol–water partition coefficient (Wildman–Crippen LogP) is 15.1. The molecular weight excluding hydrogens is 863 g/mol. The fourth-order valence-electron chi connectivity index (χ4n) is 15.0. The van der Waals surface area contributed by atoms with Crippen LogP contribution in [0.15, 0.2) is 176 Å². The van der Waals surface area contributed by atoms with Crippen LogP contribution in [0.3, 0.4) is 0 Å². The van der Waals surface area contributed by atoms with E-state index in [9.17, 15) is 0 Å². The van der Waals surface area contributed by atoms with Gasteiger partial charge in [0.05, 0.1) is 17.1 Å². The van der Waals surface area contributed by atoms with Crippen LogP contribution in [0.5, 0.6) is 0 Å². The highest BCUT2D eigenvalue weighted by molar-refractivity contribution is 6.04. The molecule has 71 heavy (non-hydrogen) atoms. The van der Waals surface area contributed by atoms with Crippen molar-refractivity contribution in [1.82, 2.24) is 0 Å². The number of benzene rings is 7. The zero-order valence-electron chi connectivity index (χ0n) is 41.6. The summed E-state index contributed by atoms with van der Waals surface area (Å²) in [5.74, 6) is 2.70. The van der Waals surface area contributed by atoms with Crippen LogP contribution in [0.25, 0.3) is 11.4 Å². The monoisotopic (exact) mass is 917 g/mol. The van der Waals surface area contributed by atoms with Crippen LogP contribution < -0.4 is 23.8 Å². The SMILES string of the molecule is CC(c1ccccc1)c1cc2[n+]3c(c1)N1c4ccccc4C(C)(C)c4ccc5c(c41)C31c3c4c(cc6c3N(c3ccccc3C6(C)C)c3cc(C(C)c6ccccc6)cc-2[n+]31)C(C)(C)c1ccccc1N54. The third-order valence-corrected chi connectivity index (χ3v) is 18.6. The van der Waals surface area contributed by atoms with Crippen molar-refractivity contribution in [2.45, 2.75) is 89.1 Å². The van der Waals surface area contributed by atoms with E-state index in [1.165, 1.54) is 130 Å². The van der Waals surface area contributed by atoms with Crippen molar-refractivity contribution in [3.63, 3.8) is 0 Å². The van der Waals surface area contributed by atoms with Gasteiger partial charge in [0.25, 0.3) is 11.6 Å². The van der Waals surface area contributed by atoms with Gasteiger partial charge in [0.1, 0.15) is 22.5 Å². The molecule has 0 amide bonds. The Morgan fingerprint density at radius 3 is 1.21 bits per heavy atom. The molecule has 2 aromatic heterocycles. The minimum Gasteiger partial charge on any atom is -0.308 e. The third kappa shape index (κ3) is 4.41. The number of pyridine rings is 2. The molecular formula is C66H55N5+2. The maximum Gasteiger partial charge on any atom is 0.319 e. The topological polar surface area (TPSA) is 17.5 Å². The van der Waals surface area contributed by atoms with E-state index in [-0.39, 0.29) is 28.1 Å². The van der Waals surface area contributed by atoms with E-state index in [2.05, 4.69) is 255 Å². The Labute approximate surface area is 416 Å². The molecule has 3 unspecified atom stereocenters. The first kappa shape index (κ1) is 40.0. The van der Waals surface area contributed by atoms with Gasteiger partial charge in [-0.05, 0) is 75.8 Å². The highest BCUT2D eigenvalue weighted by atomic mass is 15.5. The van der Waals surface area contributed by atoms with Crippen molar-refractivity contribution in [2.24, 2.45) is 0 Å². The Morgan fingerprint density at radius 2 is 0.732 bits per heavy atom. The second-order valence-electron chi connectivity index (χ2n) is 23.0. The standard InChI is InChI=1S/C66H55N5/c1-38(40-21-11-9-12-22-40)42-33-54-55-34-43(39(2)41-23-13-10-14-24-41)36-57-69-52-30-20-17-27-46(52)65(7,8)49-37-48-61-59(62(49)69)66(71(55)57)58-53(67(61)50-28-18-15-25-44(50)64(48,5)6)32-31-47-60(58)68(56(35-42)70(54)66)51-29-19-16-26-45(51)63(47,3)4/h9-39H,1-8H3/q+2. The zero-order chi connectivity index (χ0) is 47.8. The molecule has 0 N–H and O–H groups in total. The maximum atomic E-state index is 2.83. The van der Waals surface area contributed by atoms with Crippen LogP contribution in [-0.2, 0) is 21.9 Å². The van der Waals surface area contributed by atoms with Crippen LogP contribution in [0, 0.1) is 0 Å². The van der Waals surface area contributed by atoms with Gasteiger partial charge < -0.3 is 4.90 Å². The normalized spacial score (nSPS) is 19.7. The summed E-state index contributed by atoms with van der Waals surface area (Å²) in [5, 5.41) is 0. The maximum absolute atomic E-state index is 2.83. The van der Waals surface area contributed by atoms with E-state index in [1.807, 2.05) is 0 Å². The molecule has 342 valence electrons. The minimum absolute atomic E-state index is 0.139. The fraction of sp³-hybridized carbons (Fsp3) is 0.212. The molecule has 5 heteroatoms. The summed E-state index contributed by atoms with van der Waals surface area (Å²) in [6.45, 7) is 19.6. The molecule has 0 bridgehead atoms. The van der Waals surface area contributed by atoms with Gasteiger partial charge in [-0.1, -0.05) is 177 Å². The molecule has 0 aliphatic carbocycles. The molecule has 9 aromatic rings. The molecule has 0 saturated carbocycles. The molecule has 1 spiro atoms. The van der Waals surface area contributed by atoms with E-state index in [0.29, 0.717) is 0 Å². The fourth-order valence-corrected chi connectivity index (χ4v) is 15.0. The summed E-state index contributed by atoms with van der Waals surface area (Å²) in [6.07, 6.45) is 0. The average molecular weight is 918 g/mol. The van der Waals surface area contributed by atoms with Gasteiger partial charge >= 0.3 is 5.66 Å². The van der Waals surface area contributed by atoms with Gasteiger partial charge in [-0.3, -0.25) is 0 Å². The number of rotatable bonds is 4. The summed E-state index contributed by atoms with van der Waals surface area (Å²) < 4.78 is 5.67. The highest BCUT2D eigenvalue weighted by Gasteiger charge is 2.74. The van der Waals surface area contributed by atoms with Crippen molar-refractivity contribution in [3.8, 4) is 11.4 Å². The summed E-state index contributed by atoms with van der Waals surface area (Å²) in [4.78, 5) is 8.10. The third-order valence-electron chi connectivity index (χ3n) is 18.6. The molecule has 7 aliphatic heterocycles. The Kier molecular flexibility index (Phi) is 7.19. The lowest BCUT2D eigenvalue weighted by molar-refractivity contribution is -0.929. The number of hydrogen-bond donors (Lipinski definition) is 0.